The molecule has 0 radical (unpaired) electrons. The largest absolute Gasteiger partial charge is 0.494 e. The van der Waals surface area contributed by atoms with Gasteiger partial charge >= 0.3 is 0 Å². The first-order chi connectivity index (χ1) is 7.76. The maximum atomic E-state index is 9.65. The molecule has 88 valence electrons. The number of benzene rings is 1. The average molecular weight is 220 g/mol. The molecule has 3 atom stereocenters. The van der Waals surface area contributed by atoms with Crippen LogP contribution in [0.4, 0.5) is 0 Å². The Morgan fingerprint density at radius 1 is 1.25 bits per heavy atom. The Labute approximate surface area is 97.3 Å². The van der Waals surface area contributed by atoms with Crippen molar-refractivity contribution in [3.8, 4) is 5.75 Å². The Morgan fingerprint density at radius 3 is 2.44 bits per heavy atom. The summed E-state index contributed by atoms with van der Waals surface area (Å²) in [5.41, 5.74) is 1.33. The van der Waals surface area contributed by atoms with Crippen LogP contribution in [0.5, 0.6) is 5.75 Å². The molecule has 1 aromatic rings. The topological polar surface area (TPSA) is 29.5 Å². The highest BCUT2D eigenvalue weighted by Crippen LogP contribution is 2.44. The zero-order valence-electron chi connectivity index (χ0n) is 10.0. The van der Waals surface area contributed by atoms with Crippen LogP contribution < -0.4 is 4.74 Å². The number of ether oxygens (including phenoxy) is 1. The van der Waals surface area contributed by atoms with Crippen LogP contribution in [0, 0.1) is 5.92 Å². The maximum Gasteiger partial charge on any atom is 0.119 e. The molecule has 1 aliphatic rings. The van der Waals surface area contributed by atoms with Gasteiger partial charge in [-0.3, -0.25) is 0 Å². The van der Waals surface area contributed by atoms with Crippen molar-refractivity contribution < 1.29 is 9.84 Å². The Morgan fingerprint density at radius 2 is 1.94 bits per heavy atom. The summed E-state index contributed by atoms with van der Waals surface area (Å²) in [7, 11) is 0. The summed E-state index contributed by atoms with van der Waals surface area (Å²) >= 11 is 0. The molecule has 0 aliphatic heterocycles. The predicted molar refractivity (Wildman–Crippen MR) is 64.8 cm³/mol. The van der Waals surface area contributed by atoms with Crippen LogP contribution in [0.3, 0.4) is 0 Å². The normalized spacial score (nSPS) is 28.6. The molecule has 0 bridgehead atoms. The zero-order chi connectivity index (χ0) is 11.5. The third kappa shape index (κ3) is 2.07. The van der Waals surface area contributed by atoms with E-state index in [2.05, 4.69) is 19.1 Å². The molecule has 0 saturated heterocycles. The number of hydrogen-bond acceptors (Lipinski definition) is 2. The fourth-order valence-electron chi connectivity index (χ4n) is 2.60. The van der Waals surface area contributed by atoms with E-state index in [-0.39, 0.29) is 6.10 Å². The van der Waals surface area contributed by atoms with Gasteiger partial charge in [0.2, 0.25) is 0 Å². The van der Waals surface area contributed by atoms with Gasteiger partial charge in [-0.05, 0) is 42.9 Å². The number of hydrogen-bond donors (Lipinski definition) is 1. The lowest BCUT2D eigenvalue weighted by Gasteiger charge is -2.41. The Kier molecular flexibility index (Phi) is 3.49. The van der Waals surface area contributed by atoms with Gasteiger partial charge in [0, 0.05) is 0 Å². The van der Waals surface area contributed by atoms with Crippen molar-refractivity contribution in [1.82, 2.24) is 0 Å². The number of rotatable bonds is 4. The van der Waals surface area contributed by atoms with Crippen LogP contribution in [0.2, 0.25) is 0 Å². The molecule has 2 nitrogen and oxygen atoms in total. The fraction of sp³-hybridized carbons (Fsp3) is 0.571. The predicted octanol–water partition coefficient (Wildman–Crippen LogP) is 2.96. The highest BCUT2D eigenvalue weighted by Gasteiger charge is 2.39. The lowest BCUT2D eigenvalue weighted by atomic mass is 9.66. The highest BCUT2D eigenvalue weighted by atomic mass is 16.5. The summed E-state index contributed by atoms with van der Waals surface area (Å²) in [5.74, 6) is 1.91. The summed E-state index contributed by atoms with van der Waals surface area (Å²) in [6.45, 7) is 4.84. The van der Waals surface area contributed by atoms with E-state index in [0.29, 0.717) is 18.4 Å². The van der Waals surface area contributed by atoms with E-state index in [0.717, 1.165) is 18.6 Å². The van der Waals surface area contributed by atoms with Gasteiger partial charge in [0.25, 0.3) is 0 Å². The average Bonchev–Trinajstić information content (AvgIpc) is 2.28. The lowest BCUT2D eigenvalue weighted by Crippen LogP contribution is -2.38. The molecule has 1 aromatic carbocycles. The van der Waals surface area contributed by atoms with Crippen LogP contribution in [-0.2, 0) is 0 Å². The summed E-state index contributed by atoms with van der Waals surface area (Å²) in [4.78, 5) is 0. The second kappa shape index (κ2) is 4.88. The van der Waals surface area contributed by atoms with E-state index >= 15 is 0 Å². The molecule has 3 unspecified atom stereocenters. The maximum absolute atomic E-state index is 9.65. The summed E-state index contributed by atoms with van der Waals surface area (Å²) < 4.78 is 5.42. The van der Waals surface area contributed by atoms with Crippen LogP contribution in [0.15, 0.2) is 24.3 Å². The third-order valence-electron chi connectivity index (χ3n) is 3.60. The van der Waals surface area contributed by atoms with Gasteiger partial charge in [0.15, 0.2) is 0 Å². The first kappa shape index (κ1) is 11.5. The molecule has 16 heavy (non-hydrogen) atoms. The highest BCUT2D eigenvalue weighted by molar-refractivity contribution is 5.31. The van der Waals surface area contributed by atoms with E-state index in [1.807, 2.05) is 19.1 Å². The van der Waals surface area contributed by atoms with Crippen molar-refractivity contribution in [3.63, 3.8) is 0 Å². The van der Waals surface area contributed by atoms with Gasteiger partial charge in [0.1, 0.15) is 5.75 Å². The van der Waals surface area contributed by atoms with E-state index in [4.69, 9.17) is 4.74 Å². The minimum Gasteiger partial charge on any atom is -0.494 e. The minimum absolute atomic E-state index is 0.0958. The minimum atomic E-state index is -0.0958. The Hall–Kier alpha value is -1.02. The van der Waals surface area contributed by atoms with Crippen molar-refractivity contribution >= 4 is 0 Å². The van der Waals surface area contributed by atoms with E-state index in [9.17, 15) is 5.11 Å². The SMILES string of the molecule is CCOc1ccc(C2CC(O)C2CC)cc1. The van der Waals surface area contributed by atoms with Crippen molar-refractivity contribution in [1.29, 1.82) is 0 Å². The summed E-state index contributed by atoms with van der Waals surface area (Å²) in [6, 6.07) is 8.31. The first-order valence-electron chi connectivity index (χ1n) is 6.17. The lowest BCUT2D eigenvalue weighted by molar-refractivity contribution is -0.000735. The molecular formula is C14H20O2. The van der Waals surface area contributed by atoms with E-state index in [1.54, 1.807) is 0 Å². The van der Waals surface area contributed by atoms with Gasteiger partial charge < -0.3 is 9.84 Å². The molecule has 0 amide bonds. The van der Waals surface area contributed by atoms with Gasteiger partial charge in [-0.2, -0.15) is 0 Å². The second-order valence-corrected chi connectivity index (χ2v) is 4.48. The van der Waals surface area contributed by atoms with Gasteiger partial charge in [0.05, 0.1) is 12.7 Å². The summed E-state index contributed by atoms with van der Waals surface area (Å²) in [5, 5.41) is 9.65. The van der Waals surface area contributed by atoms with Crippen molar-refractivity contribution in [2.75, 3.05) is 6.61 Å². The Bertz CT molecular complexity index is 331. The first-order valence-corrected chi connectivity index (χ1v) is 6.17. The van der Waals surface area contributed by atoms with Crippen molar-refractivity contribution in [3.05, 3.63) is 29.8 Å². The van der Waals surface area contributed by atoms with Crippen LogP contribution >= 0.6 is 0 Å². The van der Waals surface area contributed by atoms with Crippen LogP contribution in [0.1, 0.15) is 38.2 Å². The zero-order valence-corrected chi connectivity index (χ0v) is 10.0. The van der Waals surface area contributed by atoms with Gasteiger partial charge in [-0.1, -0.05) is 25.5 Å². The molecule has 1 aliphatic carbocycles. The monoisotopic (exact) mass is 220 g/mol. The smallest absolute Gasteiger partial charge is 0.119 e. The molecular weight excluding hydrogens is 200 g/mol. The summed E-state index contributed by atoms with van der Waals surface area (Å²) in [6.07, 6.45) is 1.87. The molecule has 1 N–H and O–H groups in total. The molecule has 1 saturated carbocycles. The molecule has 0 aromatic heterocycles. The quantitative estimate of drug-likeness (QED) is 0.845. The van der Waals surface area contributed by atoms with Crippen molar-refractivity contribution in [2.24, 2.45) is 5.92 Å². The number of aliphatic hydroxyl groups is 1. The molecule has 2 heteroatoms. The fourth-order valence-corrected chi connectivity index (χ4v) is 2.60. The van der Waals surface area contributed by atoms with Crippen LogP contribution in [-0.4, -0.2) is 17.8 Å². The van der Waals surface area contributed by atoms with Crippen molar-refractivity contribution in [2.45, 2.75) is 38.7 Å². The molecule has 0 heterocycles. The second-order valence-electron chi connectivity index (χ2n) is 4.48. The van der Waals surface area contributed by atoms with Crippen LogP contribution in [0.25, 0.3) is 0 Å². The van der Waals surface area contributed by atoms with E-state index in [1.165, 1.54) is 5.56 Å². The standard InChI is InChI=1S/C14H20O2/c1-3-12-13(9-14(12)15)10-5-7-11(8-6-10)16-4-2/h5-8,12-15H,3-4,9H2,1-2H3. The Balaban J connectivity index is 2.05. The number of aliphatic hydroxyl groups excluding tert-OH is 1. The van der Waals surface area contributed by atoms with E-state index < -0.39 is 0 Å². The molecule has 2 rings (SSSR count). The van der Waals surface area contributed by atoms with Gasteiger partial charge in [-0.25, -0.2) is 0 Å². The van der Waals surface area contributed by atoms with Gasteiger partial charge in [-0.15, -0.1) is 0 Å². The molecule has 1 fully saturated rings. The third-order valence-corrected chi connectivity index (χ3v) is 3.60. The molecule has 0 spiro atoms.